The summed E-state index contributed by atoms with van der Waals surface area (Å²) in [5, 5.41) is 3.09. The molecule has 1 amide bonds. The summed E-state index contributed by atoms with van der Waals surface area (Å²) in [6.45, 7) is 2.76. The molecule has 1 unspecified atom stereocenters. The van der Waals surface area contributed by atoms with Gasteiger partial charge < -0.3 is 11.1 Å². The fraction of sp³-hybridized carbons (Fsp3) is 0.500. The molecule has 1 aromatic heterocycles. The van der Waals surface area contributed by atoms with Crippen LogP contribution in [-0.4, -0.2) is 17.4 Å². The van der Waals surface area contributed by atoms with Crippen molar-refractivity contribution in [1.29, 1.82) is 0 Å². The molecule has 1 aromatic rings. The fourth-order valence-corrected chi connectivity index (χ4v) is 1.65. The van der Waals surface area contributed by atoms with Crippen LogP contribution < -0.4 is 11.1 Å². The average Bonchev–Trinajstić information content (AvgIpc) is 2.27. The molecule has 0 aliphatic carbocycles. The smallest absolute Gasteiger partial charge is 0.225 e. The Kier molecular flexibility index (Phi) is 5.94. The van der Waals surface area contributed by atoms with Gasteiger partial charge >= 0.3 is 0 Å². The van der Waals surface area contributed by atoms with Crippen LogP contribution in [0.1, 0.15) is 26.2 Å². The predicted octanol–water partition coefficient (Wildman–Crippen LogP) is 2.44. The summed E-state index contributed by atoms with van der Waals surface area (Å²) in [6.07, 6.45) is 2.27. The van der Waals surface area contributed by atoms with Gasteiger partial charge in [-0.25, -0.2) is 4.98 Å². The van der Waals surface area contributed by atoms with Crippen LogP contribution in [0.2, 0.25) is 5.15 Å². The largest absolute Gasteiger partial charge is 0.330 e. The number of nitrogens with one attached hydrogen (secondary N) is 1. The minimum atomic E-state index is -0.0383. The van der Waals surface area contributed by atoms with E-state index in [1.807, 2.05) is 0 Å². The van der Waals surface area contributed by atoms with Crippen LogP contribution in [0.15, 0.2) is 18.2 Å². The molecule has 94 valence electrons. The second-order valence-corrected chi connectivity index (χ2v) is 4.50. The van der Waals surface area contributed by atoms with Crippen molar-refractivity contribution in [1.82, 2.24) is 4.98 Å². The van der Waals surface area contributed by atoms with Crippen molar-refractivity contribution < 1.29 is 4.79 Å². The van der Waals surface area contributed by atoms with Gasteiger partial charge in [-0.05, 0) is 37.4 Å². The predicted molar refractivity (Wildman–Crippen MR) is 69.9 cm³/mol. The minimum absolute atomic E-state index is 0.0383. The van der Waals surface area contributed by atoms with Crippen LogP contribution in [0.5, 0.6) is 0 Å². The molecule has 1 rings (SSSR count). The average molecular weight is 256 g/mol. The van der Waals surface area contributed by atoms with Crippen molar-refractivity contribution in [2.75, 3.05) is 11.9 Å². The number of anilines is 1. The summed E-state index contributed by atoms with van der Waals surface area (Å²) in [5.41, 5.74) is 5.45. The van der Waals surface area contributed by atoms with E-state index < -0.39 is 0 Å². The Balaban J connectivity index is 2.34. The molecule has 1 atom stereocenters. The Morgan fingerprint density at radius 1 is 1.53 bits per heavy atom. The molecule has 0 radical (unpaired) electrons. The van der Waals surface area contributed by atoms with Gasteiger partial charge in [-0.3, -0.25) is 4.79 Å². The number of rotatable bonds is 6. The number of halogens is 1. The highest BCUT2D eigenvalue weighted by molar-refractivity contribution is 6.29. The normalized spacial score (nSPS) is 12.2. The Hall–Kier alpha value is -1.13. The number of amides is 1. The molecule has 0 spiro atoms. The third kappa shape index (κ3) is 5.65. The highest BCUT2D eigenvalue weighted by Gasteiger charge is 2.07. The third-order valence-corrected chi connectivity index (χ3v) is 2.72. The minimum Gasteiger partial charge on any atom is -0.330 e. The van der Waals surface area contributed by atoms with Crippen LogP contribution in [0.3, 0.4) is 0 Å². The Bertz CT molecular complexity index is 371. The van der Waals surface area contributed by atoms with Gasteiger partial charge in [-0.15, -0.1) is 0 Å². The van der Waals surface area contributed by atoms with Gasteiger partial charge in [0.25, 0.3) is 0 Å². The molecule has 4 nitrogen and oxygen atoms in total. The molecule has 17 heavy (non-hydrogen) atoms. The van der Waals surface area contributed by atoms with E-state index in [-0.39, 0.29) is 5.91 Å². The lowest BCUT2D eigenvalue weighted by molar-refractivity contribution is -0.116. The summed E-state index contributed by atoms with van der Waals surface area (Å²) in [7, 11) is 0. The highest BCUT2D eigenvalue weighted by atomic mass is 35.5. The Labute approximate surface area is 107 Å². The van der Waals surface area contributed by atoms with Crippen LogP contribution in [0.4, 0.5) is 5.82 Å². The Morgan fingerprint density at radius 3 is 2.94 bits per heavy atom. The van der Waals surface area contributed by atoms with Gasteiger partial charge in [0.15, 0.2) is 0 Å². The number of pyridine rings is 1. The van der Waals surface area contributed by atoms with E-state index >= 15 is 0 Å². The van der Waals surface area contributed by atoms with Crippen molar-refractivity contribution in [2.45, 2.75) is 26.2 Å². The first-order chi connectivity index (χ1) is 8.11. The zero-order valence-electron chi connectivity index (χ0n) is 9.95. The molecule has 1 heterocycles. The summed E-state index contributed by atoms with van der Waals surface area (Å²) in [4.78, 5) is 15.6. The first kappa shape index (κ1) is 13.9. The summed E-state index contributed by atoms with van der Waals surface area (Å²) < 4.78 is 0. The maximum atomic E-state index is 11.6. The number of nitrogens with zero attached hydrogens (tertiary/aromatic N) is 1. The van der Waals surface area contributed by atoms with Crippen molar-refractivity contribution in [3.8, 4) is 0 Å². The van der Waals surface area contributed by atoms with Crippen LogP contribution in [-0.2, 0) is 4.79 Å². The fourth-order valence-electron chi connectivity index (χ4n) is 1.49. The first-order valence-corrected chi connectivity index (χ1v) is 6.12. The second kappa shape index (κ2) is 7.25. The third-order valence-electron chi connectivity index (χ3n) is 2.51. The topological polar surface area (TPSA) is 68.0 Å². The van der Waals surface area contributed by atoms with Crippen molar-refractivity contribution in [3.05, 3.63) is 23.4 Å². The van der Waals surface area contributed by atoms with Gasteiger partial charge in [0, 0.05) is 6.42 Å². The standard InChI is InChI=1S/C12H18ClN3O/c1-9(7-8-14)5-6-12(17)16-11-4-2-3-10(13)15-11/h2-4,9H,5-8,14H2,1H3,(H,15,16,17). The van der Waals surface area contributed by atoms with Crippen molar-refractivity contribution in [3.63, 3.8) is 0 Å². The number of carbonyl (C=O) groups excluding carboxylic acids is 1. The summed E-state index contributed by atoms with van der Waals surface area (Å²) in [6, 6.07) is 5.13. The van der Waals surface area contributed by atoms with Crippen LogP contribution in [0.25, 0.3) is 0 Å². The van der Waals surface area contributed by atoms with E-state index in [9.17, 15) is 4.79 Å². The summed E-state index contributed by atoms with van der Waals surface area (Å²) in [5.74, 6) is 0.927. The molecular formula is C12H18ClN3O. The van der Waals surface area contributed by atoms with Gasteiger partial charge in [0.2, 0.25) is 5.91 Å². The summed E-state index contributed by atoms with van der Waals surface area (Å²) >= 11 is 5.72. The molecule has 0 saturated heterocycles. The molecule has 3 N–H and O–H groups in total. The molecule has 0 bridgehead atoms. The van der Waals surface area contributed by atoms with Gasteiger partial charge in [0.05, 0.1) is 0 Å². The SMILES string of the molecule is CC(CCN)CCC(=O)Nc1cccc(Cl)n1. The molecule has 5 heteroatoms. The van der Waals surface area contributed by atoms with E-state index in [1.54, 1.807) is 18.2 Å². The van der Waals surface area contributed by atoms with Crippen LogP contribution in [0, 0.1) is 5.92 Å². The lowest BCUT2D eigenvalue weighted by atomic mass is 10.0. The van der Waals surface area contributed by atoms with E-state index in [0.29, 0.717) is 29.9 Å². The molecule has 0 aliphatic rings. The van der Waals surface area contributed by atoms with E-state index in [1.165, 1.54) is 0 Å². The van der Waals surface area contributed by atoms with Crippen molar-refractivity contribution in [2.24, 2.45) is 11.7 Å². The second-order valence-electron chi connectivity index (χ2n) is 4.11. The number of aromatic nitrogens is 1. The maximum absolute atomic E-state index is 11.6. The first-order valence-electron chi connectivity index (χ1n) is 5.74. The number of hydrogen-bond donors (Lipinski definition) is 2. The van der Waals surface area contributed by atoms with E-state index in [0.717, 1.165) is 12.8 Å². The number of carbonyl (C=O) groups is 1. The van der Waals surface area contributed by atoms with E-state index in [2.05, 4.69) is 17.2 Å². The van der Waals surface area contributed by atoms with Gasteiger partial charge in [-0.2, -0.15) is 0 Å². The Morgan fingerprint density at radius 2 is 2.29 bits per heavy atom. The number of hydrogen-bond acceptors (Lipinski definition) is 3. The molecule has 0 aromatic carbocycles. The lowest BCUT2D eigenvalue weighted by Gasteiger charge is -2.09. The monoisotopic (exact) mass is 255 g/mol. The molecular weight excluding hydrogens is 238 g/mol. The maximum Gasteiger partial charge on any atom is 0.225 e. The zero-order valence-corrected chi connectivity index (χ0v) is 10.7. The quantitative estimate of drug-likeness (QED) is 0.767. The zero-order chi connectivity index (χ0) is 12.7. The highest BCUT2D eigenvalue weighted by Crippen LogP contribution is 2.12. The molecule has 0 saturated carbocycles. The lowest BCUT2D eigenvalue weighted by Crippen LogP contribution is -2.14. The van der Waals surface area contributed by atoms with Gasteiger partial charge in [-0.1, -0.05) is 24.6 Å². The van der Waals surface area contributed by atoms with Crippen LogP contribution >= 0.6 is 11.6 Å². The molecule has 0 aliphatic heterocycles. The van der Waals surface area contributed by atoms with Gasteiger partial charge in [0.1, 0.15) is 11.0 Å². The van der Waals surface area contributed by atoms with Crippen molar-refractivity contribution >= 4 is 23.3 Å². The number of nitrogens with two attached hydrogens (primary N) is 1. The molecule has 0 fully saturated rings. The van der Waals surface area contributed by atoms with E-state index in [4.69, 9.17) is 17.3 Å².